The summed E-state index contributed by atoms with van der Waals surface area (Å²) in [7, 11) is -4.58. The molecule has 0 aliphatic carbocycles. The van der Waals surface area contributed by atoms with E-state index in [-0.39, 0.29) is 0 Å². The van der Waals surface area contributed by atoms with Gasteiger partial charge in [-0.2, -0.15) is 0 Å². The maximum Gasteiger partial charge on any atom is 0.179 e. The summed E-state index contributed by atoms with van der Waals surface area (Å²) in [6, 6.07) is 8.15. The van der Waals surface area contributed by atoms with Crippen LogP contribution in [0, 0.1) is 0 Å². The second-order valence-corrected chi connectivity index (χ2v) is 3.94. The Morgan fingerprint density at radius 3 is 1.85 bits per heavy atom. The van der Waals surface area contributed by atoms with Crippen LogP contribution in [0.5, 0.6) is 0 Å². The Hall–Kier alpha value is -0.590. The molecule has 0 bridgehead atoms. The van der Waals surface area contributed by atoms with Crippen LogP contribution in [0.3, 0.4) is 0 Å². The van der Waals surface area contributed by atoms with Gasteiger partial charge in [-0.1, -0.05) is 18.2 Å². The summed E-state index contributed by atoms with van der Waals surface area (Å²) >= 11 is 3.36. The van der Waals surface area contributed by atoms with Crippen molar-refractivity contribution in [3.05, 3.63) is 30.3 Å². The summed E-state index contributed by atoms with van der Waals surface area (Å²) in [5, 5.41) is 0. The number of hydrogen-bond acceptors (Lipinski definition) is 3. The molecular weight excluding hydrogens is 215 g/mol. The Kier molecular flexibility index (Phi) is 5.68. The number of rotatable bonds is 1. The smallest absolute Gasteiger partial charge is 0.179 e. The van der Waals surface area contributed by atoms with Crippen LogP contribution in [0.25, 0.3) is 0 Å². The van der Waals surface area contributed by atoms with Gasteiger partial charge < -0.3 is 4.55 Å². The summed E-state index contributed by atoms with van der Waals surface area (Å²) in [5.74, 6) is 0. The highest BCUT2D eigenvalue weighted by atomic mass is 32.2. The quantitative estimate of drug-likeness (QED) is 0.516. The molecule has 1 rings (SSSR count). The first kappa shape index (κ1) is 12.4. The monoisotopic (exact) mass is 224 g/mol. The molecule has 0 fully saturated rings. The number of alkyl halides is 1. The summed E-state index contributed by atoms with van der Waals surface area (Å²) in [6.07, 6.45) is 0. The number of hydrogen-bond donors (Lipinski definition) is 0. The van der Waals surface area contributed by atoms with Crippen molar-refractivity contribution in [2.24, 2.45) is 0 Å². The molecule has 0 heterocycles. The maximum absolute atomic E-state index is 10.6. The van der Waals surface area contributed by atoms with Gasteiger partial charge in [-0.05, 0) is 24.8 Å². The van der Waals surface area contributed by atoms with E-state index in [9.17, 15) is 4.39 Å². The highest BCUT2D eigenvalue weighted by Crippen LogP contribution is 1.92. The highest BCUT2D eigenvalue weighted by molar-refractivity contribution is 7.85. The molecule has 0 amide bonds. The lowest BCUT2D eigenvalue weighted by molar-refractivity contribution is 0.431. The predicted octanol–water partition coefficient (Wildman–Crippen LogP) is 0.516. The first-order chi connectivity index (χ1) is 5.95. The lowest BCUT2D eigenvalue weighted by atomic mass is 10.4. The Labute approximate surface area is 81.8 Å². The summed E-state index contributed by atoms with van der Waals surface area (Å²) < 4.78 is 37.8. The molecule has 1 aromatic carbocycles. The van der Waals surface area contributed by atoms with Crippen LogP contribution in [0.15, 0.2) is 35.2 Å². The standard InChI is InChI=1S/C6H6S.CH3FO3S/c7-6-4-2-1-3-5-6;2-1-6(3,4)5/h1-5,7H;1H2,(H,3,4,5). The molecule has 0 radical (unpaired) electrons. The van der Waals surface area contributed by atoms with E-state index in [0.29, 0.717) is 0 Å². The van der Waals surface area contributed by atoms with Crippen molar-refractivity contribution in [3.8, 4) is 0 Å². The van der Waals surface area contributed by atoms with Gasteiger partial charge in [-0.25, -0.2) is 12.8 Å². The van der Waals surface area contributed by atoms with Gasteiger partial charge in [0.1, 0.15) is 15.0 Å². The maximum atomic E-state index is 10.6. The van der Waals surface area contributed by atoms with Gasteiger partial charge in [-0.15, -0.1) is 0 Å². The molecule has 0 saturated carbocycles. The van der Waals surface area contributed by atoms with Gasteiger partial charge in [0.2, 0.25) is 0 Å². The van der Waals surface area contributed by atoms with Crippen LogP contribution < -0.4 is 0 Å². The van der Waals surface area contributed by atoms with Crippen LogP contribution in [0.2, 0.25) is 0 Å². The van der Waals surface area contributed by atoms with Crippen molar-refractivity contribution in [1.82, 2.24) is 0 Å². The third-order valence-corrected chi connectivity index (χ3v) is 1.51. The van der Waals surface area contributed by atoms with Gasteiger partial charge >= 0.3 is 0 Å². The molecule has 0 spiro atoms. The van der Waals surface area contributed by atoms with E-state index in [4.69, 9.17) is 13.0 Å². The number of halogens is 1. The molecule has 74 valence electrons. The fourth-order valence-electron chi connectivity index (χ4n) is 0.438. The minimum Gasteiger partial charge on any atom is -0.746 e. The van der Waals surface area contributed by atoms with E-state index in [1.165, 1.54) is 0 Å². The van der Waals surface area contributed by atoms with Gasteiger partial charge in [0, 0.05) is 0 Å². The molecule has 0 aliphatic rings. The highest BCUT2D eigenvalue weighted by Gasteiger charge is 1.84. The fraction of sp³-hybridized carbons (Fsp3) is 0.143. The van der Waals surface area contributed by atoms with E-state index in [0.717, 1.165) is 4.90 Å². The summed E-state index contributed by atoms with van der Waals surface area (Å²) in [4.78, 5) is 1.13. The SMILES string of the molecule is O=S(=O)([O-])CF.[SH2+]c1ccccc1. The summed E-state index contributed by atoms with van der Waals surface area (Å²) in [5.41, 5.74) is 0. The van der Waals surface area contributed by atoms with Gasteiger partial charge in [0.25, 0.3) is 0 Å². The zero-order chi connectivity index (χ0) is 10.3. The van der Waals surface area contributed by atoms with Crippen molar-refractivity contribution in [1.29, 1.82) is 0 Å². The minimum atomic E-state index is -4.58. The zero-order valence-corrected chi connectivity index (χ0v) is 8.42. The molecule has 3 nitrogen and oxygen atoms in total. The molecule has 1 aromatic rings. The molecule has 0 unspecified atom stereocenters. The minimum absolute atomic E-state index is 1.13. The fourth-order valence-corrected chi connectivity index (χ4v) is 0.631. The van der Waals surface area contributed by atoms with Crippen molar-refractivity contribution in [3.63, 3.8) is 0 Å². The van der Waals surface area contributed by atoms with E-state index >= 15 is 0 Å². The lowest BCUT2D eigenvalue weighted by Gasteiger charge is -1.94. The summed E-state index contributed by atoms with van der Waals surface area (Å²) in [6.45, 7) is 0. The van der Waals surface area contributed by atoms with Crippen molar-refractivity contribution in [2.45, 2.75) is 4.90 Å². The average molecular weight is 224 g/mol. The Morgan fingerprint density at radius 1 is 1.31 bits per heavy atom. The Balaban J connectivity index is 0.000000226. The van der Waals surface area contributed by atoms with Crippen LogP contribution in [-0.4, -0.2) is 19.0 Å². The molecule has 0 atom stereocenters. The molecule has 0 aromatic heterocycles. The number of benzene rings is 1. The topological polar surface area (TPSA) is 57.2 Å². The normalized spacial score (nSPS) is 10.1. The lowest BCUT2D eigenvalue weighted by Crippen LogP contribution is -1.97. The molecule has 0 N–H and O–H groups in total. The average Bonchev–Trinajstić information content (AvgIpc) is 2.06. The van der Waals surface area contributed by atoms with E-state index in [1.54, 1.807) is 0 Å². The second-order valence-electron chi connectivity index (χ2n) is 2.03. The molecule has 0 saturated heterocycles. The van der Waals surface area contributed by atoms with Gasteiger partial charge in [0.15, 0.2) is 6.01 Å². The molecule has 6 heteroatoms. The Morgan fingerprint density at radius 2 is 1.69 bits per heavy atom. The van der Waals surface area contributed by atoms with Crippen molar-refractivity contribution >= 4 is 22.7 Å². The first-order valence-electron chi connectivity index (χ1n) is 3.22. The first-order valence-corrected chi connectivity index (χ1v) is 5.29. The van der Waals surface area contributed by atoms with Gasteiger partial charge in [-0.3, -0.25) is 0 Å². The van der Waals surface area contributed by atoms with E-state index in [2.05, 4.69) is 12.6 Å². The van der Waals surface area contributed by atoms with Crippen LogP contribution in [0.4, 0.5) is 4.39 Å². The van der Waals surface area contributed by atoms with Crippen LogP contribution >= 0.6 is 0 Å². The Bertz CT molecular complexity index is 323. The van der Waals surface area contributed by atoms with E-state index < -0.39 is 16.1 Å². The van der Waals surface area contributed by atoms with Crippen LogP contribution in [-0.2, 0) is 22.7 Å². The second kappa shape index (κ2) is 5.95. The molecule has 13 heavy (non-hydrogen) atoms. The third kappa shape index (κ3) is 9.32. The van der Waals surface area contributed by atoms with Crippen molar-refractivity contribution < 1.29 is 17.4 Å². The third-order valence-electron chi connectivity index (χ3n) is 0.907. The molecular formula is C7H9FO3S2. The largest absolute Gasteiger partial charge is 0.746 e. The van der Waals surface area contributed by atoms with Crippen LogP contribution in [0.1, 0.15) is 0 Å². The predicted molar refractivity (Wildman–Crippen MR) is 50.5 cm³/mol. The van der Waals surface area contributed by atoms with Gasteiger partial charge in [0.05, 0.1) is 0 Å². The van der Waals surface area contributed by atoms with Crippen molar-refractivity contribution in [2.75, 3.05) is 6.01 Å². The molecule has 0 aliphatic heterocycles. The van der Waals surface area contributed by atoms with E-state index in [1.807, 2.05) is 30.3 Å². The zero-order valence-electron chi connectivity index (χ0n) is 6.60.